The molecule has 21 heavy (non-hydrogen) atoms. The Morgan fingerprint density at radius 2 is 2.33 bits per heavy atom. The standard InChI is InChI=1S/C14H10ClN3O2S/c1-21-14-17-7-11(15)12(18-14)13(19)20-8-10-4-2-3-9(5-10)6-16/h2-5,7H,8H2,1H3. The largest absolute Gasteiger partial charge is 0.456 e. The molecule has 0 fully saturated rings. The molecule has 2 aromatic rings. The lowest BCUT2D eigenvalue weighted by Gasteiger charge is -2.06. The Kier molecular flexibility index (Phi) is 5.14. The fourth-order valence-electron chi connectivity index (χ4n) is 1.54. The highest BCUT2D eigenvalue weighted by Crippen LogP contribution is 2.18. The minimum absolute atomic E-state index is 0.0347. The van der Waals surface area contributed by atoms with E-state index in [0.29, 0.717) is 10.7 Å². The van der Waals surface area contributed by atoms with Crippen LogP contribution in [0.2, 0.25) is 5.02 Å². The van der Waals surface area contributed by atoms with E-state index in [2.05, 4.69) is 9.97 Å². The van der Waals surface area contributed by atoms with Crippen LogP contribution < -0.4 is 0 Å². The van der Waals surface area contributed by atoms with Crippen molar-refractivity contribution in [2.45, 2.75) is 11.8 Å². The third kappa shape index (κ3) is 3.94. The van der Waals surface area contributed by atoms with Crippen LogP contribution in [0.1, 0.15) is 21.6 Å². The van der Waals surface area contributed by atoms with Crippen molar-refractivity contribution in [3.05, 3.63) is 52.3 Å². The van der Waals surface area contributed by atoms with Crippen molar-refractivity contribution in [2.24, 2.45) is 0 Å². The molecule has 0 saturated carbocycles. The van der Waals surface area contributed by atoms with E-state index < -0.39 is 5.97 Å². The Hall–Kier alpha value is -2.10. The topological polar surface area (TPSA) is 75.9 Å². The number of halogens is 1. The number of hydrogen-bond donors (Lipinski definition) is 0. The Labute approximate surface area is 130 Å². The van der Waals surface area contributed by atoms with Gasteiger partial charge in [-0.1, -0.05) is 35.5 Å². The summed E-state index contributed by atoms with van der Waals surface area (Å²) in [5, 5.41) is 9.40. The average Bonchev–Trinajstić information content (AvgIpc) is 2.53. The number of rotatable bonds is 4. The summed E-state index contributed by atoms with van der Waals surface area (Å²) in [4.78, 5) is 20.0. The lowest BCUT2D eigenvalue weighted by atomic mass is 10.1. The lowest BCUT2D eigenvalue weighted by molar-refractivity contribution is 0.0464. The first-order valence-corrected chi connectivity index (χ1v) is 7.47. The molecule has 0 aliphatic carbocycles. The van der Waals surface area contributed by atoms with Crippen LogP contribution >= 0.6 is 23.4 Å². The molecule has 0 bridgehead atoms. The zero-order chi connectivity index (χ0) is 15.2. The number of nitrogens with zero attached hydrogens (tertiary/aromatic N) is 3. The first-order valence-electron chi connectivity index (χ1n) is 5.86. The summed E-state index contributed by atoms with van der Waals surface area (Å²) in [6, 6.07) is 8.85. The molecule has 5 nitrogen and oxygen atoms in total. The quantitative estimate of drug-likeness (QED) is 0.489. The second kappa shape index (κ2) is 7.07. The Balaban J connectivity index is 2.10. The van der Waals surface area contributed by atoms with Gasteiger partial charge in [-0.2, -0.15) is 5.26 Å². The predicted octanol–water partition coefficient (Wildman–Crippen LogP) is 3.08. The van der Waals surface area contributed by atoms with E-state index >= 15 is 0 Å². The van der Waals surface area contributed by atoms with Crippen molar-refractivity contribution >= 4 is 29.3 Å². The van der Waals surface area contributed by atoms with Gasteiger partial charge in [0.2, 0.25) is 0 Å². The number of thioether (sulfide) groups is 1. The molecule has 0 N–H and O–H groups in total. The molecule has 0 spiro atoms. The molecule has 1 heterocycles. The summed E-state index contributed by atoms with van der Waals surface area (Å²) in [5.74, 6) is -0.625. The van der Waals surface area contributed by atoms with Gasteiger partial charge in [-0.15, -0.1) is 0 Å². The van der Waals surface area contributed by atoms with Gasteiger partial charge >= 0.3 is 5.97 Å². The third-order valence-electron chi connectivity index (χ3n) is 2.52. The van der Waals surface area contributed by atoms with Crippen LogP contribution in [0.3, 0.4) is 0 Å². The third-order valence-corrected chi connectivity index (χ3v) is 3.36. The number of benzene rings is 1. The Bertz CT molecular complexity index is 716. The molecule has 7 heteroatoms. The van der Waals surface area contributed by atoms with Gasteiger partial charge in [0.15, 0.2) is 10.9 Å². The van der Waals surface area contributed by atoms with Gasteiger partial charge in [0.05, 0.1) is 22.9 Å². The molecular weight excluding hydrogens is 310 g/mol. The Morgan fingerprint density at radius 3 is 3.05 bits per heavy atom. The molecule has 2 rings (SSSR count). The minimum atomic E-state index is -0.625. The zero-order valence-electron chi connectivity index (χ0n) is 11.0. The highest BCUT2D eigenvalue weighted by atomic mass is 35.5. The van der Waals surface area contributed by atoms with Gasteiger partial charge < -0.3 is 4.74 Å². The summed E-state index contributed by atoms with van der Waals surface area (Å²) in [5.41, 5.74) is 1.26. The van der Waals surface area contributed by atoms with E-state index in [-0.39, 0.29) is 17.3 Å². The molecule has 0 unspecified atom stereocenters. The van der Waals surface area contributed by atoms with Crippen LogP contribution in [-0.2, 0) is 11.3 Å². The van der Waals surface area contributed by atoms with E-state index in [0.717, 1.165) is 5.56 Å². The first kappa shape index (κ1) is 15.3. The van der Waals surface area contributed by atoms with Gasteiger partial charge in [0.25, 0.3) is 0 Å². The molecule has 0 aliphatic rings. The van der Waals surface area contributed by atoms with Crippen molar-refractivity contribution in [1.82, 2.24) is 9.97 Å². The molecule has 0 saturated heterocycles. The Morgan fingerprint density at radius 1 is 1.52 bits per heavy atom. The summed E-state index contributed by atoms with van der Waals surface area (Å²) in [7, 11) is 0. The number of hydrogen-bond acceptors (Lipinski definition) is 6. The lowest BCUT2D eigenvalue weighted by Crippen LogP contribution is -2.09. The summed E-state index contributed by atoms with van der Waals surface area (Å²) < 4.78 is 5.16. The fourth-order valence-corrected chi connectivity index (χ4v) is 2.05. The van der Waals surface area contributed by atoms with Gasteiger partial charge in [0, 0.05) is 0 Å². The van der Waals surface area contributed by atoms with Gasteiger partial charge in [-0.25, -0.2) is 14.8 Å². The van der Waals surface area contributed by atoms with E-state index in [1.165, 1.54) is 18.0 Å². The van der Waals surface area contributed by atoms with Gasteiger partial charge in [0.1, 0.15) is 6.61 Å². The van der Waals surface area contributed by atoms with Crippen LogP contribution in [0, 0.1) is 11.3 Å². The van der Waals surface area contributed by atoms with Crippen molar-refractivity contribution in [3.8, 4) is 6.07 Å². The molecule has 0 radical (unpaired) electrons. The SMILES string of the molecule is CSc1ncc(Cl)c(C(=O)OCc2cccc(C#N)c2)n1. The summed E-state index contributed by atoms with van der Waals surface area (Å²) >= 11 is 7.20. The number of ether oxygens (including phenoxy) is 1. The van der Waals surface area contributed by atoms with E-state index in [9.17, 15) is 4.79 Å². The molecule has 1 aromatic heterocycles. The second-order valence-corrected chi connectivity index (χ2v) is 5.12. The number of esters is 1. The fraction of sp³-hybridized carbons (Fsp3) is 0.143. The van der Waals surface area contributed by atoms with E-state index in [1.54, 1.807) is 30.5 Å². The predicted molar refractivity (Wildman–Crippen MR) is 79.1 cm³/mol. The van der Waals surface area contributed by atoms with Gasteiger partial charge in [-0.05, 0) is 24.0 Å². The molecule has 0 amide bonds. The smallest absolute Gasteiger partial charge is 0.358 e. The molecule has 1 aromatic carbocycles. The molecule has 0 atom stereocenters. The highest BCUT2D eigenvalue weighted by molar-refractivity contribution is 7.98. The number of aromatic nitrogens is 2. The number of carbonyl (C=O) groups is 1. The first-order chi connectivity index (χ1) is 10.1. The maximum atomic E-state index is 12.0. The summed E-state index contributed by atoms with van der Waals surface area (Å²) in [6.45, 7) is 0.0449. The van der Waals surface area contributed by atoms with E-state index in [4.69, 9.17) is 21.6 Å². The molecular formula is C14H10ClN3O2S. The van der Waals surface area contributed by atoms with Crippen molar-refractivity contribution in [3.63, 3.8) is 0 Å². The zero-order valence-corrected chi connectivity index (χ0v) is 12.6. The monoisotopic (exact) mass is 319 g/mol. The van der Waals surface area contributed by atoms with Crippen molar-refractivity contribution < 1.29 is 9.53 Å². The van der Waals surface area contributed by atoms with Crippen molar-refractivity contribution in [1.29, 1.82) is 5.26 Å². The van der Waals surface area contributed by atoms with Crippen molar-refractivity contribution in [2.75, 3.05) is 6.26 Å². The van der Waals surface area contributed by atoms with Crippen LogP contribution in [-0.4, -0.2) is 22.2 Å². The normalized spacial score (nSPS) is 9.95. The van der Waals surface area contributed by atoms with Crippen LogP contribution in [0.25, 0.3) is 0 Å². The maximum absolute atomic E-state index is 12.0. The van der Waals surface area contributed by atoms with E-state index in [1.807, 2.05) is 6.07 Å². The van der Waals surface area contributed by atoms with Crippen LogP contribution in [0.4, 0.5) is 0 Å². The molecule has 106 valence electrons. The average molecular weight is 320 g/mol. The summed E-state index contributed by atoms with van der Waals surface area (Å²) in [6.07, 6.45) is 3.17. The minimum Gasteiger partial charge on any atom is -0.456 e. The number of carbonyl (C=O) groups excluding carboxylic acids is 1. The number of nitriles is 1. The highest BCUT2D eigenvalue weighted by Gasteiger charge is 2.15. The maximum Gasteiger partial charge on any atom is 0.358 e. The molecule has 0 aliphatic heterocycles. The van der Waals surface area contributed by atoms with Crippen LogP contribution in [0.15, 0.2) is 35.6 Å². The van der Waals surface area contributed by atoms with Gasteiger partial charge in [-0.3, -0.25) is 0 Å². The second-order valence-electron chi connectivity index (χ2n) is 3.94. The van der Waals surface area contributed by atoms with Crippen LogP contribution in [0.5, 0.6) is 0 Å².